The Morgan fingerprint density at radius 3 is 2.70 bits per heavy atom. The van der Waals surface area contributed by atoms with E-state index in [1.165, 1.54) is 55.5 Å². The predicted molar refractivity (Wildman–Crippen MR) is 133 cm³/mol. The number of ether oxygens (including phenoxy) is 1. The van der Waals surface area contributed by atoms with E-state index in [0.717, 1.165) is 0 Å². The zero-order valence-electron chi connectivity index (χ0n) is 19.9. The lowest BCUT2D eigenvalue weighted by Gasteiger charge is -2.26. The number of hydrogen-bond acceptors (Lipinski definition) is 7. The molecule has 2 aromatic heterocycles. The number of halogens is 1. The van der Waals surface area contributed by atoms with Crippen LogP contribution in [-0.4, -0.2) is 40.0 Å². The molecule has 0 saturated heterocycles. The summed E-state index contributed by atoms with van der Waals surface area (Å²) in [6.45, 7) is 2.83. The minimum atomic E-state index is -1.69. The van der Waals surface area contributed by atoms with Gasteiger partial charge in [0.15, 0.2) is 5.58 Å². The summed E-state index contributed by atoms with van der Waals surface area (Å²) < 4.78 is 24.3. The zero-order chi connectivity index (χ0) is 26.5. The molecule has 1 aliphatic rings. The minimum absolute atomic E-state index is 0. The highest BCUT2D eigenvalue weighted by Gasteiger charge is 2.45. The molecule has 2 amide bonds. The molecule has 0 bridgehead atoms. The lowest BCUT2D eigenvalue weighted by molar-refractivity contribution is -0.123. The van der Waals surface area contributed by atoms with Crippen molar-refractivity contribution in [2.24, 2.45) is 5.73 Å². The standard InChI is InChI=1S/C26H23FN4O6.H2/c1-25(23(28)33)12-36-21-16(25)10-19(31-20(21)13-3-6-15(27)7-4-13)26(2,35)11-29-22(32)14-5-8-18-17(9-14)30-24(34)37-18;/h3-10,35H,11-12H2,1-2H3,(H2,28,33)(H,29,32)(H,30,34);1H/t25-,26-;/m0./s1. The van der Waals surface area contributed by atoms with Crippen LogP contribution in [0.4, 0.5) is 4.39 Å². The molecule has 0 saturated carbocycles. The largest absolute Gasteiger partial charge is 0.489 e. The molecule has 11 heteroatoms. The maximum Gasteiger partial charge on any atom is 0.417 e. The summed E-state index contributed by atoms with van der Waals surface area (Å²) in [5, 5.41) is 14.0. The normalized spacial score (nSPS) is 18.2. The first-order valence-electron chi connectivity index (χ1n) is 11.4. The van der Waals surface area contributed by atoms with Gasteiger partial charge in [0.2, 0.25) is 5.91 Å². The number of carbonyl (C=O) groups is 2. The van der Waals surface area contributed by atoms with Gasteiger partial charge in [-0.2, -0.15) is 0 Å². The first-order valence-corrected chi connectivity index (χ1v) is 11.4. The van der Waals surface area contributed by atoms with Crippen LogP contribution >= 0.6 is 0 Å². The Kier molecular flexibility index (Phi) is 5.60. The van der Waals surface area contributed by atoms with Crippen molar-refractivity contribution >= 4 is 22.9 Å². The number of carbonyl (C=O) groups excluding carboxylic acids is 2. The van der Waals surface area contributed by atoms with Crippen LogP contribution in [0.15, 0.2) is 57.7 Å². The molecule has 0 aliphatic carbocycles. The molecule has 1 aliphatic heterocycles. The van der Waals surface area contributed by atoms with Crippen LogP contribution < -0.4 is 21.5 Å². The highest BCUT2D eigenvalue weighted by atomic mass is 19.1. The first kappa shape index (κ1) is 24.2. The van der Waals surface area contributed by atoms with Crippen molar-refractivity contribution in [1.82, 2.24) is 15.3 Å². The van der Waals surface area contributed by atoms with Gasteiger partial charge in [0.1, 0.15) is 34.9 Å². The second kappa shape index (κ2) is 8.56. The van der Waals surface area contributed by atoms with E-state index >= 15 is 0 Å². The average Bonchev–Trinajstić information content (AvgIpc) is 3.41. The van der Waals surface area contributed by atoms with Crippen LogP contribution in [0, 0.1) is 5.82 Å². The fourth-order valence-electron chi connectivity index (χ4n) is 4.20. The van der Waals surface area contributed by atoms with Crippen LogP contribution in [0.2, 0.25) is 0 Å². The summed E-state index contributed by atoms with van der Waals surface area (Å²) in [6, 6.07) is 11.5. The lowest BCUT2D eigenvalue weighted by atomic mass is 9.82. The third kappa shape index (κ3) is 4.23. The number of aromatic nitrogens is 2. The van der Waals surface area contributed by atoms with Gasteiger partial charge >= 0.3 is 5.76 Å². The molecule has 192 valence electrons. The third-order valence-corrected chi connectivity index (χ3v) is 6.56. The van der Waals surface area contributed by atoms with Gasteiger partial charge in [-0.25, -0.2) is 14.2 Å². The van der Waals surface area contributed by atoms with Gasteiger partial charge in [-0.05, 0) is 62.4 Å². The highest BCUT2D eigenvalue weighted by Crippen LogP contribution is 2.45. The van der Waals surface area contributed by atoms with Crippen LogP contribution in [0.5, 0.6) is 5.75 Å². The molecule has 5 N–H and O–H groups in total. The zero-order valence-corrected chi connectivity index (χ0v) is 19.9. The van der Waals surface area contributed by atoms with Crippen LogP contribution in [0.25, 0.3) is 22.4 Å². The second-order valence-electron chi connectivity index (χ2n) is 9.41. The van der Waals surface area contributed by atoms with E-state index in [9.17, 15) is 23.9 Å². The molecule has 0 radical (unpaired) electrons. The number of nitrogens with one attached hydrogen (secondary N) is 2. The van der Waals surface area contributed by atoms with Gasteiger partial charge in [0.25, 0.3) is 5.91 Å². The van der Waals surface area contributed by atoms with Crippen molar-refractivity contribution in [3.63, 3.8) is 0 Å². The summed E-state index contributed by atoms with van der Waals surface area (Å²) in [5.74, 6) is -1.88. The van der Waals surface area contributed by atoms with Gasteiger partial charge in [0.05, 0.1) is 17.8 Å². The molecule has 10 nitrogen and oxygen atoms in total. The van der Waals surface area contributed by atoms with Crippen molar-refractivity contribution in [3.05, 3.63) is 81.7 Å². The Balaban J connectivity index is 0.00000336. The highest BCUT2D eigenvalue weighted by molar-refractivity contribution is 5.97. The molecule has 5 rings (SSSR count). The summed E-state index contributed by atoms with van der Waals surface area (Å²) in [5.41, 5.74) is 5.12. The van der Waals surface area contributed by atoms with E-state index < -0.39 is 34.4 Å². The number of aromatic amines is 1. The minimum Gasteiger partial charge on any atom is -0.489 e. The smallest absolute Gasteiger partial charge is 0.417 e. The van der Waals surface area contributed by atoms with Crippen LogP contribution in [0.1, 0.15) is 36.9 Å². The second-order valence-corrected chi connectivity index (χ2v) is 9.41. The number of pyridine rings is 1. The quantitative estimate of drug-likeness (QED) is 0.311. The predicted octanol–water partition coefficient (Wildman–Crippen LogP) is 2.34. The number of rotatable bonds is 6. The Morgan fingerprint density at radius 1 is 1.27 bits per heavy atom. The molecular weight excluding hydrogens is 483 g/mol. The van der Waals surface area contributed by atoms with E-state index in [1.54, 1.807) is 6.92 Å². The summed E-state index contributed by atoms with van der Waals surface area (Å²) in [6.07, 6.45) is 0. The number of amides is 2. The maximum absolute atomic E-state index is 13.6. The van der Waals surface area contributed by atoms with Crippen LogP contribution in [-0.2, 0) is 15.8 Å². The number of hydrogen-bond donors (Lipinski definition) is 4. The SMILES string of the molecule is C[C@](O)(CNC(=O)c1ccc2oc(=O)[nH]c2c1)c1cc2c(c(-c3ccc(F)cc3)n1)OC[C@]2(C)C(N)=O.[HH]. The first-order chi connectivity index (χ1) is 17.5. The molecule has 0 fully saturated rings. The van der Waals surface area contributed by atoms with E-state index in [2.05, 4.69) is 15.3 Å². The van der Waals surface area contributed by atoms with Crippen molar-refractivity contribution in [3.8, 4) is 17.0 Å². The number of nitrogens with zero attached hydrogens (tertiary/aromatic N) is 1. The molecule has 4 aromatic rings. The van der Waals surface area contributed by atoms with Gasteiger partial charge < -0.3 is 25.3 Å². The van der Waals surface area contributed by atoms with Gasteiger partial charge in [-0.15, -0.1) is 0 Å². The summed E-state index contributed by atoms with van der Waals surface area (Å²) in [7, 11) is 0. The summed E-state index contributed by atoms with van der Waals surface area (Å²) in [4.78, 5) is 43.6. The Morgan fingerprint density at radius 2 is 2.00 bits per heavy atom. The molecule has 2 atom stereocenters. The topological polar surface area (TPSA) is 161 Å². The van der Waals surface area contributed by atoms with E-state index in [1.807, 2.05) is 0 Å². The molecule has 2 aromatic carbocycles. The number of benzene rings is 2. The Hall–Kier alpha value is -4.51. The fourth-order valence-corrected chi connectivity index (χ4v) is 4.20. The number of fused-ring (bicyclic) bond motifs is 2. The van der Waals surface area contributed by atoms with E-state index in [0.29, 0.717) is 33.7 Å². The Bertz CT molecular complexity index is 1610. The summed E-state index contributed by atoms with van der Waals surface area (Å²) >= 11 is 0. The Labute approximate surface area is 210 Å². The number of aliphatic hydroxyl groups is 1. The van der Waals surface area contributed by atoms with E-state index in [4.69, 9.17) is 14.9 Å². The van der Waals surface area contributed by atoms with Crippen molar-refractivity contribution in [2.75, 3.05) is 13.2 Å². The van der Waals surface area contributed by atoms with Crippen molar-refractivity contribution < 1.29 is 29.7 Å². The van der Waals surface area contributed by atoms with Gasteiger partial charge in [-0.3, -0.25) is 14.6 Å². The number of primary amides is 1. The van der Waals surface area contributed by atoms with E-state index in [-0.39, 0.29) is 25.8 Å². The number of oxazole rings is 1. The molecular formula is C26H25FN4O6. The molecule has 37 heavy (non-hydrogen) atoms. The van der Waals surface area contributed by atoms with Crippen molar-refractivity contribution in [2.45, 2.75) is 24.9 Å². The number of H-pyrrole nitrogens is 1. The lowest BCUT2D eigenvalue weighted by Crippen LogP contribution is -2.41. The molecule has 0 spiro atoms. The average molecular weight is 509 g/mol. The number of nitrogens with two attached hydrogens (primary N) is 1. The monoisotopic (exact) mass is 508 g/mol. The fraction of sp³-hybridized carbons (Fsp3) is 0.231. The van der Waals surface area contributed by atoms with Gasteiger partial charge in [0, 0.05) is 18.1 Å². The van der Waals surface area contributed by atoms with Gasteiger partial charge in [-0.1, -0.05) is 0 Å². The van der Waals surface area contributed by atoms with Crippen LogP contribution in [0.3, 0.4) is 0 Å². The molecule has 0 unspecified atom stereocenters. The van der Waals surface area contributed by atoms with Crippen molar-refractivity contribution in [1.29, 1.82) is 0 Å². The maximum atomic E-state index is 13.6. The third-order valence-electron chi connectivity index (χ3n) is 6.56. The molecule has 3 heterocycles.